The molecule has 2 saturated heterocycles. The summed E-state index contributed by atoms with van der Waals surface area (Å²) < 4.78 is 11.9. The number of carbonyl (C=O) groups excluding carboxylic acids is 1. The van der Waals surface area contributed by atoms with Crippen LogP contribution >= 0.6 is 0 Å². The summed E-state index contributed by atoms with van der Waals surface area (Å²) >= 11 is 0. The molecule has 2 heterocycles. The average Bonchev–Trinajstić information content (AvgIpc) is 2.96. The van der Waals surface area contributed by atoms with Gasteiger partial charge in [-0.2, -0.15) is 0 Å². The fourth-order valence-electron chi connectivity index (χ4n) is 4.51. The molecule has 2 bridgehead atoms. The van der Waals surface area contributed by atoms with Crippen LogP contribution in [0, 0.1) is 0 Å². The van der Waals surface area contributed by atoms with Crippen molar-refractivity contribution in [2.75, 3.05) is 19.0 Å². The lowest BCUT2D eigenvalue weighted by molar-refractivity contribution is 0.0662. The summed E-state index contributed by atoms with van der Waals surface area (Å²) in [4.78, 5) is 15.0. The number of fused-ring (bicyclic) bond motifs is 2. The molecule has 2 aromatic carbocycles. The fraction of sp³-hybridized carbons (Fsp3) is 0.480. The Morgan fingerprint density at radius 3 is 2.27 bits per heavy atom. The number of anilines is 1. The van der Waals surface area contributed by atoms with Crippen LogP contribution in [0.3, 0.4) is 0 Å². The minimum absolute atomic E-state index is 0.129. The second-order valence-electron chi connectivity index (χ2n) is 8.47. The van der Waals surface area contributed by atoms with Gasteiger partial charge in [-0.15, -0.1) is 0 Å². The highest BCUT2D eigenvalue weighted by Crippen LogP contribution is 2.36. The minimum atomic E-state index is -0.129. The van der Waals surface area contributed by atoms with Gasteiger partial charge in [0.05, 0.1) is 6.61 Å². The number of rotatable bonds is 8. The highest BCUT2D eigenvalue weighted by Gasteiger charge is 2.39. The van der Waals surface area contributed by atoms with Crippen LogP contribution in [0.1, 0.15) is 55.8 Å². The lowest BCUT2D eigenvalue weighted by Crippen LogP contribution is -2.43. The maximum atomic E-state index is 12.5. The Morgan fingerprint density at radius 2 is 1.63 bits per heavy atom. The Kier molecular flexibility index (Phi) is 6.58. The molecule has 0 saturated carbocycles. The Labute approximate surface area is 179 Å². The molecule has 2 aliphatic heterocycles. The van der Waals surface area contributed by atoms with Gasteiger partial charge in [0, 0.05) is 23.3 Å². The van der Waals surface area contributed by atoms with Gasteiger partial charge in [-0.05, 0) is 87.7 Å². The molecule has 0 aromatic heterocycles. The summed E-state index contributed by atoms with van der Waals surface area (Å²) in [7, 11) is 2.24. The highest BCUT2D eigenvalue weighted by molar-refractivity contribution is 6.04. The number of piperidine rings is 1. The van der Waals surface area contributed by atoms with E-state index < -0.39 is 0 Å². The molecule has 5 nitrogen and oxygen atoms in total. The summed E-state index contributed by atoms with van der Waals surface area (Å²) in [6, 6.07) is 16.3. The van der Waals surface area contributed by atoms with Crippen molar-refractivity contribution in [3.05, 3.63) is 54.1 Å². The molecule has 1 amide bonds. The first-order valence-electron chi connectivity index (χ1n) is 11.1. The topological polar surface area (TPSA) is 50.8 Å². The summed E-state index contributed by atoms with van der Waals surface area (Å²) in [5, 5.41) is 2.95. The number of amides is 1. The first-order chi connectivity index (χ1) is 14.6. The molecule has 0 spiro atoms. The van der Waals surface area contributed by atoms with Gasteiger partial charge in [0.1, 0.15) is 17.6 Å². The van der Waals surface area contributed by atoms with E-state index in [0.717, 1.165) is 42.9 Å². The van der Waals surface area contributed by atoms with Crippen molar-refractivity contribution >= 4 is 11.6 Å². The van der Waals surface area contributed by atoms with Crippen molar-refractivity contribution in [2.45, 2.75) is 63.6 Å². The van der Waals surface area contributed by atoms with Crippen molar-refractivity contribution in [1.29, 1.82) is 0 Å². The third-order valence-electron chi connectivity index (χ3n) is 6.35. The Balaban J connectivity index is 1.28. The van der Waals surface area contributed by atoms with Crippen LogP contribution in [-0.4, -0.2) is 42.6 Å². The maximum Gasteiger partial charge on any atom is 0.255 e. The lowest BCUT2D eigenvalue weighted by atomic mass is 10.0. The largest absolute Gasteiger partial charge is 0.494 e. The zero-order chi connectivity index (χ0) is 20.9. The molecule has 4 rings (SSSR count). The monoisotopic (exact) mass is 408 g/mol. The Bertz CT molecular complexity index is 820. The third kappa shape index (κ3) is 4.96. The van der Waals surface area contributed by atoms with Crippen molar-refractivity contribution < 1.29 is 14.3 Å². The zero-order valence-electron chi connectivity index (χ0n) is 18.0. The number of benzene rings is 2. The van der Waals surface area contributed by atoms with E-state index in [1.165, 1.54) is 12.8 Å². The summed E-state index contributed by atoms with van der Waals surface area (Å²) in [5.41, 5.74) is 1.37. The van der Waals surface area contributed by atoms with Gasteiger partial charge in [-0.1, -0.05) is 13.3 Å². The van der Waals surface area contributed by atoms with Gasteiger partial charge in [0.15, 0.2) is 0 Å². The molecule has 3 atom stereocenters. The zero-order valence-corrected chi connectivity index (χ0v) is 18.0. The van der Waals surface area contributed by atoms with Gasteiger partial charge in [-0.3, -0.25) is 4.79 Å². The standard InChI is InChI=1S/C25H32N2O3/c1-3-4-15-29-22-11-5-18(6-12-22)25(28)26-19-7-13-23(14-8-19)30-24-16-20-9-10-21(17-24)27(20)2/h5-8,11-14,20-21,24H,3-4,9-10,15-17H2,1-2H3,(H,26,28)/t20-,21+,24-. The number of ether oxygens (including phenoxy) is 2. The van der Waals surface area contributed by atoms with E-state index in [1.807, 2.05) is 36.4 Å². The Morgan fingerprint density at radius 1 is 1.00 bits per heavy atom. The van der Waals surface area contributed by atoms with E-state index in [4.69, 9.17) is 9.47 Å². The molecule has 0 radical (unpaired) electrons. The van der Waals surface area contributed by atoms with Crippen LogP contribution in [0.15, 0.2) is 48.5 Å². The number of hydrogen-bond acceptors (Lipinski definition) is 4. The first kappa shape index (κ1) is 20.7. The van der Waals surface area contributed by atoms with E-state index in [-0.39, 0.29) is 12.0 Å². The van der Waals surface area contributed by atoms with Crippen molar-refractivity contribution in [3.8, 4) is 11.5 Å². The summed E-state index contributed by atoms with van der Waals surface area (Å²) in [5.74, 6) is 1.54. The van der Waals surface area contributed by atoms with Crippen molar-refractivity contribution in [3.63, 3.8) is 0 Å². The third-order valence-corrected chi connectivity index (χ3v) is 6.35. The molecule has 1 N–H and O–H groups in total. The maximum absolute atomic E-state index is 12.5. The fourth-order valence-corrected chi connectivity index (χ4v) is 4.51. The first-order valence-corrected chi connectivity index (χ1v) is 11.1. The quantitative estimate of drug-likeness (QED) is 0.616. The number of hydrogen-bond donors (Lipinski definition) is 1. The van der Waals surface area contributed by atoms with Gasteiger partial charge in [0.25, 0.3) is 5.91 Å². The molecule has 30 heavy (non-hydrogen) atoms. The van der Waals surface area contributed by atoms with E-state index in [9.17, 15) is 4.79 Å². The van der Waals surface area contributed by atoms with Crippen LogP contribution < -0.4 is 14.8 Å². The smallest absolute Gasteiger partial charge is 0.255 e. The summed E-state index contributed by atoms with van der Waals surface area (Å²) in [6.07, 6.45) is 7.20. The molecule has 5 heteroatoms. The molecule has 0 aliphatic carbocycles. The second-order valence-corrected chi connectivity index (χ2v) is 8.47. The summed E-state index contributed by atoms with van der Waals surface area (Å²) in [6.45, 7) is 2.84. The number of nitrogens with zero attached hydrogens (tertiary/aromatic N) is 1. The Hall–Kier alpha value is -2.53. The normalized spacial score (nSPS) is 23.2. The van der Waals surface area contributed by atoms with Crippen LogP contribution in [-0.2, 0) is 0 Å². The van der Waals surface area contributed by atoms with E-state index in [0.29, 0.717) is 24.3 Å². The van der Waals surface area contributed by atoms with Crippen LogP contribution in [0.2, 0.25) is 0 Å². The number of unbranched alkanes of at least 4 members (excludes halogenated alkanes) is 1. The van der Waals surface area contributed by atoms with Crippen LogP contribution in [0.4, 0.5) is 5.69 Å². The van der Waals surface area contributed by atoms with Crippen molar-refractivity contribution in [1.82, 2.24) is 4.90 Å². The molecule has 2 fully saturated rings. The SMILES string of the molecule is CCCCOc1ccc(C(=O)Nc2ccc(O[C@@H]3C[C@H]4CC[C@@H](C3)N4C)cc2)cc1. The number of nitrogens with one attached hydrogen (secondary N) is 1. The molecule has 2 aromatic rings. The van der Waals surface area contributed by atoms with E-state index in [1.54, 1.807) is 12.1 Å². The van der Waals surface area contributed by atoms with Gasteiger partial charge >= 0.3 is 0 Å². The lowest BCUT2D eigenvalue weighted by Gasteiger charge is -2.36. The van der Waals surface area contributed by atoms with Gasteiger partial charge < -0.3 is 19.7 Å². The predicted molar refractivity (Wildman–Crippen MR) is 119 cm³/mol. The average molecular weight is 409 g/mol. The molecule has 160 valence electrons. The highest BCUT2D eigenvalue weighted by atomic mass is 16.5. The number of carbonyl (C=O) groups is 1. The second kappa shape index (κ2) is 9.52. The van der Waals surface area contributed by atoms with E-state index in [2.05, 4.69) is 24.2 Å². The van der Waals surface area contributed by atoms with Gasteiger partial charge in [-0.25, -0.2) is 0 Å². The molecule has 0 unspecified atom stereocenters. The van der Waals surface area contributed by atoms with Gasteiger partial charge in [0.2, 0.25) is 0 Å². The molecule has 2 aliphatic rings. The van der Waals surface area contributed by atoms with Crippen LogP contribution in [0.5, 0.6) is 11.5 Å². The van der Waals surface area contributed by atoms with E-state index >= 15 is 0 Å². The molecular formula is C25H32N2O3. The van der Waals surface area contributed by atoms with Crippen molar-refractivity contribution in [2.24, 2.45) is 0 Å². The molecular weight excluding hydrogens is 376 g/mol. The van der Waals surface area contributed by atoms with Crippen LogP contribution in [0.25, 0.3) is 0 Å². The minimum Gasteiger partial charge on any atom is -0.494 e. The predicted octanol–water partition coefficient (Wildman–Crippen LogP) is 5.12.